The van der Waals surface area contributed by atoms with Gasteiger partial charge in [-0.05, 0) is 17.7 Å². The number of methoxy groups -OCH3 is 1. The summed E-state index contributed by atoms with van der Waals surface area (Å²) in [5, 5.41) is 3.09. The second-order valence-corrected chi connectivity index (χ2v) is 6.30. The molecule has 1 aromatic carbocycles. The average Bonchev–Trinajstić information content (AvgIpc) is 2.84. The number of nitrogens with zero attached hydrogens (tertiary/aromatic N) is 1. The molecule has 27 heavy (non-hydrogen) atoms. The number of carbonyl (C=O) groups is 2. The first kappa shape index (κ1) is 21.5. The maximum absolute atomic E-state index is 13.6. The van der Waals surface area contributed by atoms with Gasteiger partial charge in [0, 0.05) is 12.6 Å². The molecule has 0 unspecified atom stereocenters. The van der Waals surface area contributed by atoms with E-state index in [1.54, 1.807) is 0 Å². The van der Waals surface area contributed by atoms with E-state index < -0.39 is 35.1 Å². The zero-order valence-corrected chi connectivity index (χ0v) is 15.5. The van der Waals surface area contributed by atoms with E-state index in [2.05, 4.69) is 10.1 Å². The molecule has 7 nitrogen and oxygen atoms in total. The predicted octanol–water partition coefficient (Wildman–Crippen LogP) is 0.818. The van der Waals surface area contributed by atoms with Crippen molar-refractivity contribution in [2.45, 2.75) is 11.6 Å². The number of hydrogen-bond acceptors (Lipinski definition) is 6. The minimum atomic E-state index is -1.15. The van der Waals surface area contributed by atoms with Crippen LogP contribution in [0.2, 0.25) is 0 Å². The van der Waals surface area contributed by atoms with Crippen molar-refractivity contribution in [3.8, 4) is 0 Å². The minimum absolute atomic E-state index is 0. The van der Waals surface area contributed by atoms with E-state index in [1.807, 2.05) is 0 Å². The van der Waals surface area contributed by atoms with Gasteiger partial charge in [0.05, 0.1) is 39.6 Å². The molecule has 2 heterocycles. The Morgan fingerprint density at radius 3 is 2.41 bits per heavy atom. The molecule has 1 amide bonds. The van der Waals surface area contributed by atoms with Crippen molar-refractivity contribution in [3.05, 3.63) is 35.4 Å². The molecule has 0 aromatic heterocycles. The summed E-state index contributed by atoms with van der Waals surface area (Å²) in [6.45, 7) is 0.694. The lowest BCUT2D eigenvalue weighted by Crippen LogP contribution is -2.69. The number of carbonyl (C=O) groups excluding carboxylic acids is 2. The Kier molecular flexibility index (Phi) is 7.10. The van der Waals surface area contributed by atoms with Crippen molar-refractivity contribution in [2.24, 2.45) is 0 Å². The fourth-order valence-electron chi connectivity index (χ4n) is 3.22. The van der Waals surface area contributed by atoms with Gasteiger partial charge in [0.15, 0.2) is 0 Å². The molecule has 0 bridgehead atoms. The maximum Gasteiger partial charge on any atom is 0.325 e. The summed E-state index contributed by atoms with van der Waals surface area (Å²) in [7, 11) is 1.21. The number of hydrogen-bond donors (Lipinski definition) is 1. The first-order valence-electron chi connectivity index (χ1n) is 8.19. The maximum atomic E-state index is 13.6. The summed E-state index contributed by atoms with van der Waals surface area (Å²) >= 11 is 0. The van der Waals surface area contributed by atoms with E-state index in [-0.39, 0.29) is 44.3 Å². The molecule has 2 aliphatic rings. The first-order valence-corrected chi connectivity index (χ1v) is 8.19. The molecule has 2 fully saturated rings. The molecule has 150 valence electrons. The van der Waals surface area contributed by atoms with Gasteiger partial charge in [-0.2, -0.15) is 0 Å². The van der Waals surface area contributed by atoms with Crippen LogP contribution in [0.4, 0.5) is 8.78 Å². The third-order valence-corrected chi connectivity index (χ3v) is 4.55. The fourth-order valence-corrected chi connectivity index (χ4v) is 3.22. The number of rotatable bonds is 3. The van der Waals surface area contributed by atoms with Gasteiger partial charge in [-0.15, -0.1) is 12.4 Å². The van der Waals surface area contributed by atoms with Crippen LogP contribution in [-0.2, 0) is 23.8 Å². The Hall–Kier alpha value is -1.81. The molecule has 0 saturated carbocycles. The second kappa shape index (κ2) is 8.92. The van der Waals surface area contributed by atoms with E-state index in [4.69, 9.17) is 9.47 Å². The Bertz CT molecular complexity index is 678. The summed E-state index contributed by atoms with van der Waals surface area (Å²) in [4.78, 5) is 26.3. The van der Waals surface area contributed by atoms with Crippen molar-refractivity contribution in [2.75, 3.05) is 46.6 Å². The number of piperazine rings is 1. The second-order valence-electron chi connectivity index (χ2n) is 6.30. The van der Waals surface area contributed by atoms with Gasteiger partial charge in [0.1, 0.15) is 23.7 Å². The summed E-state index contributed by atoms with van der Waals surface area (Å²) in [5.74, 6) is -2.59. The highest BCUT2D eigenvalue weighted by molar-refractivity contribution is 5.91. The molecule has 1 N–H and O–H groups in total. The molecule has 2 aliphatic heterocycles. The standard InChI is InChI=1S/C17H20F2N2O5.ClH/c1-24-15(22)8-21-14(11-4-12(18)6-13(19)5-11)7-20-17(16(21)23)9-25-2-3-26-10-17;/h4-6,14,20H,2-3,7-10H2,1H3;1H/t14-;/m0./s1. The number of halogens is 3. The van der Waals surface area contributed by atoms with E-state index in [0.29, 0.717) is 13.2 Å². The highest BCUT2D eigenvalue weighted by atomic mass is 35.5. The van der Waals surface area contributed by atoms with Crippen LogP contribution in [-0.4, -0.2) is 68.9 Å². The quantitative estimate of drug-likeness (QED) is 0.749. The Morgan fingerprint density at radius 1 is 1.26 bits per heavy atom. The Morgan fingerprint density at radius 2 is 1.85 bits per heavy atom. The number of esters is 1. The molecule has 1 spiro atoms. The Labute approximate surface area is 161 Å². The fraction of sp³-hybridized carbons (Fsp3) is 0.529. The van der Waals surface area contributed by atoms with Crippen molar-refractivity contribution >= 4 is 24.3 Å². The summed E-state index contributed by atoms with van der Waals surface area (Å²) in [6, 6.07) is 2.30. The number of ether oxygens (including phenoxy) is 3. The topological polar surface area (TPSA) is 77.1 Å². The lowest BCUT2D eigenvalue weighted by Gasteiger charge is -2.45. The molecule has 1 atom stereocenters. The summed E-state index contributed by atoms with van der Waals surface area (Å²) in [5.41, 5.74) is -0.898. The number of benzene rings is 1. The third kappa shape index (κ3) is 4.55. The van der Waals surface area contributed by atoms with Crippen molar-refractivity contribution < 1.29 is 32.6 Å². The van der Waals surface area contributed by atoms with Crippen LogP contribution in [0.3, 0.4) is 0 Å². The van der Waals surface area contributed by atoms with Gasteiger partial charge in [-0.3, -0.25) is 14.9 Å². The van der Waals surface area contributed by atoms with Crippen LogP contribution in [0.25, 0.3) is 0 Å². The van der Waals surface area contributed by atoms with E-state index in [1.165, 1.54) is 12.0 Å². The van der Waals surface area contributed by atoms with Gasteiger partial charge < -0.3 is 19.1 Å². The number of amides is 1. The zero-order chi connectivity index (χ0) is 18.7. The van der Waals surface area contributed by atoms with Gasteiger partial charge in [0.2, 0.25) is 5.91 Å². The van der Waals surface area contributed by atoms with E-state index in [0.717, 1.165) is 18.2 Å². The monoisotopic (exact) mass is 406 g/mol. The molecule has 10 heteroatoms. The van der Waals surface area contributed by atoms with Crippen LogP contribution < -0.4 is 5.32 Å². The predicted molar refractivity (Wildman–Crippen MR) is 92.4 cm³/mol. The largest absolute Gasteiger partial charge is 0.468 e. The van der Waals surface area contributed by atoms with Crippen LogP contribution >= 0.6 is 12.4 Å². The highest BCUT2D eigenvalue weighted by Crippen LogP contribution is 2.30. The molecular formula is C17H21ClF2N2O5. The molecule has 1 aromatic rings. The summed E-state index contributed by atoms with van der Waals surface area (Å²) in [6.07, 6.45) is 0. The molecule has 0 aliphatic carbocycles. The lowest BCUT2D eigenvalue weighted by molar-refractivity contribution is -0.157. The molecular weight excluding hydrogens is 386 g/mol. The third-order valence-electron chi connectivity index (χ3n) is 4.55. The SMILES string of the molecule is COC(=O)CN1C(=O)C2(COCCOC2)NC[C@H]1c1cc(F)cc(F)c1.Cl. The highest BCUT2D eigenvalue weighted by Gasteiger charge is 2.49. The van der Waals surface area contributed by atoms with Gasteiger partial charge >= 0.3 is 5.97 Å². The first-order chi connectivity index (χ1) is 12.4. The normalized spacial score (nSPS) is 22.1. The van der Waals surface area contributed by atoms with Crippen LogP contribution in [0.15, 0.2) is 18.2 Å². The zero-order valence-electron chi connectivity index (χ0n) is 14.7. The van der Waals surface area contributed by atoms with Gasteiger partial charge in [-0.25, -0.2) is 8.78 Å². The van der Waals surface area contributed by atoms with Crippen LogP contribution in [0, 0.1) is 11.6 Å². The molecule has 2 saturated heterocycles. The Balaban J connectivity index is 0.00000261. The van der Waals surface area contributed by atoms with Crippen molar-refractivity contribution in [3.63, 3.8) is 0 Å². The summed E-state index contributed by atoms with van der Waals surface area (Å²) < 4.78 is 42.8. The van der Waals surface area contributed by atoms with Crippen molar-refractivity contribution in [1.82, 2.24) is 10.2 Å². The average molecular weight is 407 g/mol. The van der Waals surface area contributed by atoms with Gasteiger partial charge in [0.25, 0.3) is 0 Å². The van der Waals surface area contributed by atoms with E-state index >= 15 is 0 Å². The molecule has 3 rings (SSSR count). The molecule has 0 radical (unpaired) electrons. The van der Waals surface area contributed by atoms with Gasteiger partial charge in [-0.1, -0.05) is 0 Å². The van der Waals surface area contributed by atoms with E-state index in [9.17, 15) is 18.4 Å². The lowest BCUT2D eigenvalue weighted by atomic mass is 9.91. The number of nitrogens with one attached hydrogen (secondary N) is 1. The van der Waals surface area contributed by atoms with Crippen LogP contribution in [0.1, 0.15) is 11.6 Å². The minimum Gasteiger partial charge on any atom is -0.468 e. The smallest absolute Gasteiger partial charge is 0.325 e. The van der Waals surface area contributed by atoms with Crippen LogP contribution in [0.5, 0.6) is 0 Å². The van der Waals surface area contributed by atoms with Crippen molar-refractivity contribution in [1.29, 1.82) is 0 Å².